The molecule has 0 radical (unpaired) electrons. The number of methoxy groups -OCH3 is 1. The first-order chi connectivity index (χ1) is 11.7. The Morgan fingerprint density at radius 1 is 1.29 bits per heavy atom. The third-order valence-electron chi connectivity index (χ3n) is 5.05. The SMILES string of the molecule is COc1cc(-c2cc(C(=O)N3C4CCC[C@@H]3CC4)[nH]n2)c(Cl)cn1. The average Bonchev–Trinajstić information content (AvgIpc) is 3.18. The van der Waals surface area contributed by atoms with E-state index >= 15 is 0 Å². The molecule has 1 unspecified atom stereocenters. The van der Waals surface area contributed by atoms with Crippen LogP contribution in [0, 0.1) is 0 Å². The summed E-state index contributed by atoms with van der Waals surface area (Å²) < 4.78 is 5.13. The standard InChI is InChI=1S/C17H19ClN4O2/c1-24-16-7-12(13(18)9-19-16)14-8-15(21-20-14)17(23)22-10-3-2-4-11(22)6-5-10/h7-11H,2-6H2,1H3,(H,20,21)/t10-,11?/m1/s1. The number of amides is 1. The highest BCUT2D eigenvalue weighted by Gasteiger charge is 2.40. The zero-order chi connectivity index (χ0) is 16.7. The van der Waals surface area contributed by atoms with Crippen LogP contribution in [0.4, 0.5) is 0 Å². The number of carbonyl (C=O) groups excluding carboxylic acids is 1. The number of pyridine rings is 1. The number of ether oxygens (including phenoxy) is 1. The van der Waals surface area contributed by atoms with Gasteiger partial charge in [0.1, 0.15) is 5.69 Å². The fraction of sp³-hybridized carbons (Fsp3) is 0.471. The van der Waals surface area contributed by atoms with E-state index in [9.17, 15) is 4.79 Å². The number of hydrogen-bond acceptors (Lipinski definition) is 4. The number of hydrogen-bond donors (Lipinski definition) is 1. The van der Waals surface area contributed by atoms with Crippen LogP contribution in [0.25, 0.3) is 11.3 Å². The molecule has 2 saturated heterocycles. The summed E-state index contributed by atoms with van der Waals surface area (Å²) in [6, 6.07) is 4.24. The monoisotopic (exact) mass is 346 g/mol. The Kier molecular flexibility index (Phi) is 3.92. The molecule has 126 valence electrons. The molecule has 4 rings (SSSR count). The number of nitrogens with one attached hydrogen (secondary N) is 1. The topological polar surface area (TPSA) is 71.1 Å². The first kappa shape index (κ1) is 15.4. The van der Waals surface area contributed by atoms with Gasteiger partial charge in [-0.2, -0.15) is 5.10 Å². The van der Waals surface area contributed by atoms with Crippen molar-refractivity contribution in [1.29, 1.82) is 0 Å². The molecular formula is C17H19ClN4O2. The van der Waals surface area contributed by atoms with Gasteiger partial charge in [-0.05, 0) is 38.2 Å². The molecule has 24 heavy (non-hydrogen) atoms. The molecule has 0 aromatic carbocycles. The van der Waals surface area contributed by atoms with E-state index < -0.39 is 0 Å². The lowest BCUT2D eigenvalue weighted by molar-refractivity contribution is 0.0589. The second-order valence-corrected chi connectivity index (χ2v) is 6.81. The molecule has 2 atom stereocenters. The normalized spacial score (nSPS) is 22.7. The molecule has 1 N–H and O–H groups in total. The van der Waals surface area contributed by atoms with Crippen LogP contribution in [0.15, 0.2) is 18.3 Å². The molecule has 4 heterocycles. The van der Waals surface area contributed by atoms with Gasteiger partial charge in [-0.25, -0.2) is 4.98 Å². The molecule has 2 aliphatic rings. The van der Waals surface area contributed by atoms with Gasteiger partial charge >= 0.3 is 0 Å². The Bertz CT molecular complexity index is 760. The van der Waals surface area contributed by atoms with E-state index in [1.807, 2.05) is 0 Å². The number of fused-ring (bicyclic) bond motifs is 2. The number of rotatable bonds is 3. The quantitative estimate of drug-likeness (QED) is 0.925. The van der Waals surface area contributed by atoms with E-state index in [0.29, 0.717) is 39.9 Å². The maximum atomic E-state index is 12.9. The lowest BCUT2D eigenvalue weighted by Gasteiger charge is -2.34. The van der Waals surface area contributed by atoms with Crippen LogP contribution in [-0.2, 0) is 0 Å². The average molecular weight is 347 g/mol. The summed E-state index contributed by atoms with van der Waals surface area (Å²) >= 11 is 6.21. The smallest absolute Gasteiger partial charge is 0.272 e. The van der Waals surface area contributed by atoms with E-state index in [-0.39, 0.29) is 5.91 Å². The number of H-pyrrole nitrogens is 1. The summed E-state index contributed by atoms with van der Waals surface area (Å²) in [5.74, 6) is 0.498. The zero-order valence-corrected chi connectivity index (χ0v) is 14.2. The van der Waals surface area contributed by atoms with Gasteiger partial charge in [-0.1, -0.05) is 11.6 Å². The largest absolute Gasteiger partial charge is 0.481 e. The van der Waals surface area contributed by atoms with Gasteiger partial charge in [-0.15, -0.1) is 0 Å². The minimum absolute atomic E-state index is 0.0399. The number of piperidine rings is 1. The molecule has 2 fully saturated rings. The van der Waals surface area contributed by atoms with Crippen LogP contribution in [-0.4, -0.2) is 45.2 Å². The minimum atomic E-state index is 0.0399. The predicted octanol–water partition coefficient (Wildman–Crippen LogP) is 3.29. The fourth-order valence-corrected chi connectivity index (χ4v) is 4.08. The number of carbonyl (C=O) groups is 1. The van der Waals surface area contributed by atoms with Gasteiger partial charge in [0.15, 0.2) is 0 Å². The van der Waals surface area contributed by atoms with Gasteiger partial charge in [0.2, 0.25) is 5.88 Å². The Labute approximate surface area is 145 Å². The summed E-state index contributed by atoms with van der Waals surface area (Å²) in [5, 5.41) is 7.61. The second-order valence-electron chi connectivity index (χ2n) is 6.40. The fourth-order valence-electron chi connectivity index (χ4n) is 3.88. The summed E-state index contributed by atoms with van der Waals surface area (Å²) in [7, 11) is 1.55. The summed E-state index contributed by atoms with van der Waals surface area (Å²) in [4.78, 5) is 19.0. The maximum Gasteiger partial charge on any atom is 0.272 e. The van der Waals surface area contributed by atoms with Crippen LogP contribution in [0.1, 0.15) is 42.6 Å². The van der Waals surface area contributed by atoms with Crippen LogP contribution >= 0.6 is 11.6 Å². The van der Waals surface area contributed by atoms with E-state index in [1.54, 1.807) is 19.2 Å². The van der Waals surface area contributed by atoms with Crippen LogP contribution in [0.5, 0.6) is 5.88 Å². The highest BCUT2D eigenvalue weighted by Crippen LogP contribution is 2.37. The molecule has 6 nitrogen and oxygen atoms in total. The molecule has 0 saturated carbocycles. The Morgan fingerprint density at radius 3 is 2.75 bits per heavy atom. The van der Waals surface area contributed by atoms with E-state index in [0.717, 1.165) is 25.7 Å². The summed E-state index contributed by atoms with van der Waals surface area (Å²) in [5.41, 5.74) is 1.82. The van der Waals surface area contributed by atoms with Crippen molar-refractivity contribution in [3.05, 3.63) is 29.0 Å². The first-order valence-electron chi connectivity index (χ1n) is 8.25. The Morgan fingerprint density at radius 2 is 2.04 bits per heavy atom. The molecule has 2 bridgehead atoms. The summed E-state index contributed by atoms with van der Waals surface area (Å²) in [6.07, 6.45) is 7.19. The lowest BCUT2D eigenvalue weighted by atomic mass is 10.0. The van der Waals surface area contributed by atoms with Crippen molar-refractivity contribution >= 4 is 17.5 Å². The van der Waals surface area contributed by atoms with Crippen molar-refractivity contribution in [3.63, 3.8) is 0 Å². The molecule has 2 aromatic heterocycles. The molecule has 1 amide bonds. The molecule has 0 spiro atoms. The van der Waals surface area contributed by atoms with Crippen molar-refractivity contribution < 1.29 is 9.53 Å². The van der Waals surface area contributed by atoms with E-state index in [4.69, 9.17) is 16.3 Å². The maximum absolute atomic E-state index is 12.9. The third-order valence-corrected chi connectivity index (χ3v) is 5.35. The Balaban J connectivity index is 1.62. The van der Waals surface area contributed by atoms with Crippen molar-refractivity contribution in [2.45, 2.75) is 44.2 Å². The molecule has 2 aliphatic heterocycles. The Hall–Kier alpha value is -2.08. The highest BCUT2D eigenvalue weighted by atomic mass is 35.5. The summed E-state index contributed by atoms with van der Waals surface area (Å²) in [6.45, 7) is 0. The first-order valence-corrected chi connectivity index (χ1v) is 8.63. The van der Waals surface area contributed by atoms with Gasteiger partial charge in [0.05, 0.1) is 24.0 Å². The highest BCUT2D eigenvalue weighted by molar-refractivity contribution is 6.33. The number of halogens is 1. The van der Waals surface area contributed by atoms with E-state index in [2.05, 4.69) is 20.1 Å². The van der Waals surface area contributed by atoms with Crippen LogP contribution in [0.2, 0.25) is 5.02 Å². The van der Waals surface area contributed by atoms with Crippen molar-refractivity contribution in [2.75, 3.05) is 7.11 Å². The van der Waals surface area contributed by atoms with Gasteiger partial charge in [-0.3, -0.25) is 9.89 Å². The van der Waals surface area contributed by atoms with Crippen molar-refractivity contribution in [1.82, 2.24) is 20.1 Å². The predicted molar refractivity (Wildman–Crippen MR) is 90.2 cm³/mol. The van der Waals surface area contributed by atoms with Crippen LogP contribution < -0.4 is 4.74 Å². The second kappa shape index (κ2) is 6.09. The molecule has 0 aliphatic carbocycles. The number of aromatic amines is 1. The third kappa shape index (κ3) is 2.55. The van der Waals surface area contributed by atoms with Crippen LogP contribution in [0.3, 0.4) is 0 Å². The minimum Gasteiger partial charge on any atom is -0.481 e. The zero-order valence-electron chi connectivity index (χ0n) is 13.5. The lowest BCUT2D eigenvalue weighted by Crippen LogP contribution is -2.44. The number of nitrogens with zero attached hydrogens (tertiary/aromatic N) is 3. The van der Waals surface area contributed by atoms with Gasteiger partial charge in [0, 0.05) is 23.7 Å². The molecule has 7 heteroatoms. The van der Waals surface area contributed by atoms with Crippen molar-refractivity contribution in [2.24, 2.45) is 0 Å². The van der Waals surface area contributed by atoms with E-state index in [1.165, 1.54) is 12.6 Å². The van der Waals surface area contributed by atoms with Gasteiger partial charge < -0.3 is 9.64 Å². The number of aromatic nitrogens is 3. The molecular weight excluding hydrogens is 328 g/mol. The van der Waals surface area contributed by atoms with Gasteiger partial charge in [0.25, 0.3) is 5.91 Å². The molecule has 2 aromatic rings. The van der Waals surface area contributed by atoms with Crippen molar-refractivity contribution in [3.8, 4) is 17.1 Å².